The number of halogens is 1. The van der Waals surface area contributed by atoms with Crippen LogP contribution in [0, 0.1) is 0 Å². The average Bonchev–Trinajstić information content (AvgIpc) is 3.31. The first-order valence-electron chi connectivity index (χ1n) is 10.6. The first-order valence-corrected chi connectivity index (χ1v) is 11.0. The second-order valence-electron chi connectivity index (χ2n) is 7.83. The molecule has 1 aromatic heterocycles. The van der Waals surface area contributed by atoms with Crippen LogP contribution in [0.15, 0.2) is 48.5 Å². The van der Waals surface area contributed by atoms with Crippen molar-refractivity contribution in [3.63, 3.8) is 0 Å². The second-order valence-corrected chi connectivity index (χ2v) is 8.24. The summed E-state index contributed by atoms with van der Waals surface area (Å²) in [7, 11) is 0. The highest BCUT2D eigenvalue weighted by molar-refractivity contribution is 6.33. The van der Waals surface area contributed by atoms with Gasteiger partial charge in [0.1, 0.15) is 5.82 Å². The fourth-order valence-corrected chi connectivity index (χ4v) is 4.47. The number of benzene rings is 2. The number of fused-ring (bicyclic) bond motifs is 1. The van der Waals surface area contributed by atoms with E-state index in [1.54, 1.807) is 0 Å². The Labute approximate surface area is 181 Å². The molecule has 5 rings (SSSR count). The maximum Gasteiger partial charge on any atom is 0.228 e. The summed E-state index contributed by atoms with van der Waals surface area (Å²) in [6.45, 7) is 5.12. The van der Waals surface area contributed by atoms with Gasteiger partial charge in [0.2, 0.25) is 5.95 Å². The van der Waals surface area contributed by atoms with Crippen LogP contribution in [-0.4, -0.2) is 55.4 Å². The molecule has 7 heteroatoms. The summed E-state index contributed by atoms with van der Waals surface area (Å²) in [6.07, 6.45) is 2.51. The average molecular weight is 424 g/mol. The highest BCUT2D eigenvalue weighted by atomic mass is 35.5. The van der Waals surface area contributed by atoms with Crippen molar-refractivity contribution in [3.8, 4) is 0 Å². The number of nitrogens with zero attached hydrogens (tertiary/aromatic N) is 4. The van der Waals surface area contributed by atoms with Gasteiger partial charge in [-0.2, -0.15) is 4.98 Å². The molecule has 0 spiro atoms. The number of aromatic nitrogens is 2. The molecule has 0 aliphatic carbocycles. The molecule has 156 valence electrons. The number of hydrogen-bond donors (Lipinski definition) is 1. The van der Waals surface area contributed by atoms with Crippen LogP contribution < -0.4 is 15.1 Å². The van der Waals surface area contributed by atoms with Crippen molar-refractivity contribution >= 4 is 40.0 Å². The lowest BCUT2D eigenvalue weighted by molar-refractivity contribution is 0.120. The summed E-state index contributed by atoms with van der Waals surface area (Å²) in [5.74, 6) is 1.67. The van der Waals surface area contributed by atoms with Gasteiger partial charge in [-0.25, -0.2) is 4.98 Å². The van der Waals surface area contributed by atoms with Gasteiger partial charge in [-0.05, 0) is 37.1 Å². The van der Waals surface area contributed by atoms with Gasteiger partial charge < -0.3 is 19.9 Å². The molecule has 0 bridgehead atoms. The van der Waals surface area contributed by atoms with Crippen LogP contribution in [0.1, 0.15) is 12.8 Å². The largest absolute Gasteiger partial charge is 0.376 e. The second kappa shape index (κ2) is 8.66. The highest BCUT2D eigenvalue weighted by Gasteiger charge is 2.22. The fourth-order valence-electron chi connectivity index (χ4n) is 4.21. The van der Waals surface area contributed by atoms with E-state index in [0.29, 0.717) is 0 Å². The summed E-state index contributed by atoms with van der Waals surface area (Å²) < 4.78 is 5.76. The van der Waals surface area contributed by atoms with Gasteiger partial charge in [0.15, 0.2) is 0 Å². The molecule has 6 nitrogen and oxygen atoms in total. The molecule has 0 radical (unpaired) electrons. The summed E-state index contributed by atoms with van der Waals surface area (Å²) >= 11 is 6.39. The van der Waals surface area contributed by atoms with E-state index in [2.05, 4.69) is 33.3 Å². The number of hydrogen-bond acceptors (Lipinski definition) is 6. The zero-order valence-corrected chi connectivity index (χ0v) is 17.7. The minimum Gasteiger partial charge on any atom is -0.376 e. The standard InChI is InChI=1S/C23H26ClN5O/c24-19-8-2-4-10-21(19)28-11-13-29(14-12-28)23-26-20-9-3-1-7-18(20)22(27-23)25-16-17-6-5-15-30-17/h1-4,7-10,17H,5-6,11-16H2,(H,25,26,27). The molecule has 2 aliphatic rings. The predicted octanol–water partition coefficient (Wildman–Crippen LogP) is 4.20. The lowest BCUT2D eigenvalue weighted by atomic mass is 10.2. The van der Waals surface area contributed by atoms with Crippen LogP contribution >= 0.6 is 11.6 Å². The van der Waals surface area contributed by atoms with Gasteiger partial charge in [-0.15, -0.1) is 0 Å². The maximum absolute atomic E-state index is 6.39. The quantitative estimate of drug-likeness (QED) is 0.663. The number of piperazine rings is 1. The summed E-state index contributed by atoms with van der Waals surface area (Å²) in [5.41, 5.74) is 2.06. The van der Waals surface area contributed by atoms with Crippen LogP contribution in [0.3, 0.4) is 0 Å². The molecular formula is C23H26ClN5O. The van der Waals surface area contributed by atoms with Crippen molar-refractivity contribution in [2.75, 3.05) is 54.4 Å². The number of anilines is 3. The fraction of sp³-hybridized carbons (Fsp3) is 0.391. The summed E-state index contributed by atoms with van der Waals surface area (Å²) in [5, 5.41) is 5.37. The zero-order chi connectivity index (χ0) is 20.3. The molecule has 0 amide bonds. The Morgan fingerprint density at radius 1 is 0.967 bits per heavy atom. The van der Waals surface area contributed by atoms with Gasteiger partial charge in [0.05, 0.1) is 22.3 Å². The monoisotopic (exact) mass is 423 g/mol. The van der Waals surface area contributed by atoms with Crippen molar-refractivity contribution in [1.29, 1.82) is 0 Å². The Balaban J connectivity index is 1.34. The summed E-state index contributed by atoms with van der Waals surface area (Å²) in [6, 6.07) is 16.2. The first kappa shape index (κ1) is 19.4. The van der Waals surface area contributed by atoms with E-state index in [9.17, 15) is 0 Å². The van der Waals surface area contributed by atoms with Crippen molar-refractivity contribution < 1.29 is 4.74 Å². The minimum absolute atomic E-state index is 0.265. The van der Waals surface area contributed by atoms with Gasteiger partial charge in [-0.1, -0.05) is 35.9 Å². The Morgan fingerprint density at radius 3 is 2.53 bits per heavy atom. The number of rotatable bonds is 5. The van der Waals surface area contributed by atoms with Gasteiger partial charge in [0, 0.05) is 44.7 Å². The SMILES string of the molecule is Clc1ccccc1N1CCN(c2nc(NCC3CCCO3)c3ccccc3n2)CC1. The summed E-state index contributed by atoms with van der Waals surface area (Å²) in [4.78, 5) is 14.3. The number of ether oxygens (including phenoxy) is 1. The van der Waals surface area contributed by atoms with Crippen molar-refractivity contribution in [1.82, 2.24) is 9.97 Å². The van der Waals surface area contributed by atoms with Crippen LogP contribution in [0.4, 0.5) is 17.5 Å². The van der Waals surface area contributed by atoms with Crippen molar-refractivity contribution in [2.24, 2.45) is 0 Å². The smallest absolute Gasteiger partial charge is 0.228 e. The number of nitrogens with one attached hydrogen (secondary N) is 1. The van der Waals surface area contributed by atoms with Gasteiger partial charge in [0.25, 0.3) is 0 Å². The van der Waals surface area contributed by atoms with E-state index < -0.39 is 0 Å². The third-order valence-corrected chi connectivity index (χ3v) is 6.19. The van der Waals surface area contributed by atoms with Crippen LogP contribution in [-0.2, 0) is 4.74 Å². The molecule has 2 aromatic carbocycles. The minimum atomic E-state index is 0.265. The molecule has 2 saturated heterocycles. The molecule has 1 atom stereocenters. The third-order valence-electron chi connectivity index (χ3n) is 5.87. The zero-order valence-electron chi connectivity index (χ0n) is 16.9. The Hall–Kier alpha value is -2.57. The molecule has 1 unspecified atom stereocenters. The van der Waals surface area contributed by atoms with Gasteiger partial charge >= 0.3 is 0 Å². The van der Waals surface area contributed by atoms with Crippen LogP contribution in [0.2, 0.25) is 5.02 Å². The molecule has 2 aliphatic heterocycles. The van der Waals surface area contributed by atoms with Crippen molar-refractivity contribution in [2.45, 2.75) is 18.9 Å². The van der Waals surface area contributed by atoms with E-state index >= 15 is 0 Å². The molecule has 3 heterocycles. The molecule has 0 saturated carbocycles. The molecule has 30 heavy (non-hydrogen) atoms. The predicted molar refractivity (Wildman–Crippen MR) is 123 cm³/mol. The van der Waals surface area contributed by atoms with E-state index in [1.807, 2.05) is 30.3 Å². The Morgan fingerprint density at radius 2 is 1.73 bits per heavy atom. The highest BCUT2D eigenvalue weighted by Crippen LogP contribution is 2.28. The van der Waals surface area contributed by atoms with Crippen molar-refractivity contribution in [3.05, 3.63) is 53.6 Å². The molecule has 3 aromatic rings. The third kappa shape index (κ3) is 4.02. The lowest BCUT2D eigenvalue weighted by Crippen LogP contribution is -2.47. The van der Waals surface area contributed by atoms with E-state index in [4.69, 9.17) is 26.3 Å². The van der Waals surface area contributed by atoms with Crippen LogP contribution in [0.25, 0.3) is 10.9 Å². The lowest BCUT2D eigenvalue weighted by Gasteiger charge is -2.36. The maximum atomic E-state index is 6.39. The topological polar surface area (TPSA) is 53.5 Å². The first-order chi connectivity index (χ1) is 14.8. The Bertz CT molecular complexity index is 1020. The van der Waals surface area contributed by atoms with E-state index in [0.717, 1.165) is 85.6 Å². The number of para-hydroxylation sites is 2. The van der Waals surface area contributed by atoms with E-state index in [-0.39, 0.29) is 6.10 Å². The van der Waals surface area contributed by atoms with Gasteiger partial charge in [-0.3, -0.25) is 0 Å². The van der Waals surface area contributed by atoms with E-state index in [1.165, 1.54) is 0 Å². The van der Waals surface area contributed by atoms with Crippen LogP contribution in [0.5, 0.6) is 0 Å². The molecular weight excluding hydrogens is 398 g/mol. The Kier molecular flexibility index (Phi) is 5.60. The normalized spacial score (nSPS) is 19.4. The molecule has 2 fully saturated rings. The molecule has 1 N–H and O–H groups in total.